The Morgan fingerprint density at radius 1 is 1.18 bits per heavy atom. The minimum absolute atomic E-state index is 0.155. The van der Waals surface area contributed by atoms with Gasteiger partial charge in [-0.15, -0.1) is 0 Å². The minimum atomic E-state index is -0.180. The van der Waals surface area contributed by atoms with Crippen LogP contribution in [0.2, 0.25) is 0 Å². The third-order valence-corrected chi connectivity index (χ3v) is 3.79. The van der Waals surface area contributed by atoms with Crippen molar-refractivity contribution in [2.75, 3.05) is 6.61 Å². The van der Waals surface area contributed by atoms with Crippen molar-refractivity contribution >= 4 is 12.6 Å². The Bertz CT molecular complexity index is 395. The molecule has 0 amide bonds. The summed E-state index contributed by atoms with van der Waals surface area (Å²) in [6.45, 7) is 4.80. The Morgan fingerprint density at radius 3 is 2.35 bits per heavy atom. The van der Waals surface area contributed by atoms with Gasteiger partial charge in [0.15, 0.2) is 0 Å². The molecule has 0 unspecified atom stereocenters. The first-order valence-electron chi connectivity index (χ1n) is 6.53. The van der Waals surface area contributed by atoms with Crippen LogP contribution in [0.1, 0.15) is 44.6 Å². The highest BCUT2D eigenvalue weighted by Crippen LogP contribution is 2.35. The molecule has 1 aliphatic heterocycles. The molecule has 17 heavy (non-hydrogen) atoms. The fraction of sp³-hybridized carbons (Fsp3) is 0.571. The summed E-state index contributed by atoms with van der Waals surface area (Å²) in [4.78, 5) is 0. The van der Waals surface area contributed by atoms with E-state index < -0.39 is 0 Å². The lowest BCUT2D eigenvalue weighted by Gasteiger charge is -2.25. The van der Waals surface area contributed by atoms with E-state index in [9.17, 15) is 0 Å². The molecule has 1 saturated heterocycles. The molecule has 2 aliphatic rings. The summed E-state index contributed by atoms with van der Waals surface area (Å²) < 4.78 is 11.5. The van der Waals surface area contributed by atoms with E-state index in [1.165, 1.54) is 24.8 Å². The van der Waals surface area contributed by atoms with Gasteiger partial charge in [0.25, 0.3) is 0 Å². The first-order chi connectivity index (χ1) is 8.14. The first-order valence-corrected chi connectivity index (χ1v) is 6.53. The van der Waals surface area contributed by atoms with Crippen LogP contribution < -0.4 is 5.46 Å². The van der Waals surface area contributed by atoms with E-state index in [0.29, 0.717) is 6.61 Å². The molecular weight excluding hydrogens is 211 g/mol. The largest absolute Gasteiger partial charge is 0.494 e. The van der Waals surface area contributed by atoms with Crippen LogP contribution in [0.15, 0.2) is 24.3 Å². The van der Waals surface area contributed by atoms with Gasteiger partial charge in [0.1, 0.15) is 0 Å². The first kappa shape index (κ1) is 11.3. The normalized spacial score (nSPS) is 23.8. The van der Waals surface area contributed by atoms with Crippen molar-refractivity contribution in [1.82, 2.24) is 0 Å². The second-order valence-corrected chi connectivity index (χ2v) is 5.81. The third-order valence-electron chi connectivity index (χ3n) is 3.79. The van der Waals surface area contributed by atoms with E-state index >= 15 is 0 Å². The van der Waals surface area contributed by atoms with Gasteiger partial charge in [-0.25, -0.2) is 0 Å². The zero-order chi connectivity index (χ0) is 11.9. The highest BCUT2D eigenvalue weighted by Gasteiger charge is 2.38. The monoisotopic (exact) mass is 230 g/mol. The van der Waals surface area contributed by atoms with Gasteiger partial charge in [0, 0.05) is 0 Å². The van der Waals surface area contributed by atoms with Crippen LogP contribution >= 0.6 is 0 Å². The molecule has 1 heterocycles. The smallest absolute Gasteiger partial charge is 0.404 e. The van der Waals surface area contributed by atoms with Gasteiger partial charge in [0.05, 0.1) is 12.2 Å². The van der Waals surface area contributed by atoms with Gasteiger partial charge in [-0.05, 0) is 43.6 Å². The summed E-state index contributed by atoms with van der Waals surface area (Å²) in [6, 6.07) is 8.77. The topological polar surface area (TPSA) is 18.5 Å². The molecule has 1 aromatic rings. The van der Waals surface area contributed by atoms with Crippen LogP contribution in [-0.2, 0) is 9.31 Å². The van der Waals surface area contributed by atoms with Gasteiger partial charge in [0.2, 0.25) is 0 Å². The zero-order valence-electron chi connectivity index (χ0n) is 10.6. The Hall–Kier alpha value is -0.795. The third kappa shape index (κ3) is 2.27. The average molecular weight is 230 g/mol. The summed E-state index contributed by atoms with van der Waals surface area (Å²) in [5.41, 5.74) is 2.45. The predicted molar refractivity (Wildman–Crippen MR) is 69.5 cm³/mol. The lowest BCUT2D eigenvalue weighted by atomic mass is 9.75. The van der Waals surface area contributed by atoms with E-state index in [-0.39, 0.29) is 12.7 Å². The Morgan fingerprint density at radius 2 is 1.88 bits per heavy atom. The maximum absolute atomic E-state index is 5.85. The summed E-state index contributed by atoms with van der Waals surface area (Å²) in [7, 11) is -0.180. The van der Waals surface area contributed by atoms with Gasteiger partial charge in [-0.1, -0.05) is 30.7 Å². The lowest BCUT2D eigenvalue weighted by molar-refractivity contribution is 0.137. The van der Waals surface area contributed by atoms with E-state index in [0.717, 1.165) is 11.4 Å². The number of benzene rings is 1. The van der Waals surface area contributed by atoms with Crippen LogP contribution in [0.25, 0.3) is 0 Å². The van der Waals surface area contributed by atoms with E-state index in [1.807, 2.05) is 0 Å². The van der Waals surface area contributed by atoms with Gasteiger partial charge < -0.3 is 9.31 Å². The fourth-order valence-electron chi connectivity index (χ4n) is 2.47. The van der Waals surface area contributed by atoms with Crippen molar-refractivity contribution in [2.45, 2.75) is 44.6 Å². The molecule has 0 bridgehead atoms. The standard InChI is InChI=1S/C14H19BO2/c1-14(2)10-16-15(17-14)13-8-6-12(7-9-13)11-4-3-5-11/h6-9,11H,3-5,10H2,1-2H3. The molecule has 3 heteroatoms. The lowest BCUT2D eigenvalue weighted by Crippen LogP contribution is -2.34. The van der Waals surface area contributed by atoms with Crippen molar-refractivity contribution in [2.24, 2.45) is 0 Å². The summed E-state index contributed by atoms with van der Waals surface area (Å²) in [5.74, 6) is 0.797. The Kier molecular flexibility index (Phi) is 2.76. The van der Waals surface area contributed by atoms with Crippen molar-refractivity contribution in [3.05, 3.63) is 29.8 Å². The summed E-state index contributed by atoms with van der Waals surface area (Å²) in [5, 5.41) is 0. The second-order valence-electron chi connectivity index (χ2n) is 5.81. The molecule has 1 aromatic carbocycles. The molecule has 1 aliphatic carbocycles. The summed E-state index contributed by atoms with van der Waals surface area (Å²) >= 11 is 0. The maximum atomic E-state index is 5.85. The van der Waals surface area contributed by atoms with Crippen molar-refractivity contribution < 1.29 is 9.31 Å². The molecule has 0 atom stereocenters. The van der Waals surface area contributed by atoms with Gasteiger partial charge >= 0.3 is 7.12 Å². The molecule has 2 nitrogen and oxygen atoms in total. The minimum Gasteiger partial charge on any atom is -0.404 e. The van der Waals surface area contributed by atoms with Crippen molar-refractivity contribution in [3.63, 3.8) is 0 Å². The van der Waals surface area contributed by atoms with Crippen LogP contribution in [-0.4, -0.2) is 19.3 Å². The Labute approximate surface area is 103 Å². The SMILES string of the molecule is CC1(C)COB(c2ccc(C3CCC3)cc2)O1. The fourth-order valence-corrected chi connectivity index (χ4v) is 2.47. The molecular formula is C14H19BO2. The second kappa shape index (κ2) is 4.15. The van der Waals surface area contributed by atoms with Crippen molar-refractivity contribution in [1.29, 1.82) is 0 Å². The summed E-state index contributed by atoms with van der Waals surface area (Å²) in [6.07, 6.45) is 4.08. The molecule has 2 fully saturated rings. The maximum Gasteiger partial charge on any atom is 0.494 e. The Balaban J connectivity index is 1.72. The van der Waals surface area contributed by atoms with E-state index in [1.54, 1.807) is 0 Å². The molecule has 1 saturated carbocycles. The number of rotatable bonds is 2. The number of hydrogen-bond donors (Lipinski definition) is 0. The highest BCUT2D eigenvalue weighted by molar-refractivity contribution is 6.61. The van der Waals surface area contributed by atoms with Crippen molar-refractivity contribution in [3.8, 4) is 0 Å². The molecule has 3 rings (SSSR count). The van der Waals surface area contributed by atoms with Gasteiger partial charge in [-0.2, -0.15) is 0 Å². The van der Waals surface area contributed by atoms with Gasteiger partial charge in [-0.3, -0.25) is 0 Å². The van der Waals surface area contributed by atoms with Crippen LogP contribution in [0.4, 0.5) is 0 Å². The van der Waals surface area contributed by atoms with Crippen LogP contribution in [0.3, 0.4) is 0 Å². The molecule has 0 N–H and O–H groups in total. The van der Waals surface area contributed by atoms with Crippen LogP contribution in [0, 0.1) is 0 Å². The van der Waals surface area contributed by atoms with E-state index in [4.69, 9.17) is 9.31 Å². The number of hydrogen-bond acceptors (Lipinski definition) is 2. The molecule has 0 spiro atoms. The molecule has 0 radical (unpaired) electrons. The molecule has 0 aromatic heterocycles. The van der Waals surface area contributed by atoms with Crippen LogP contribution in [0.5, 0.6) is 0 Å². The average Bonchev–Trinajstić information content (AvgIpc) is 2.57. The predicted octanol–water partition coefficient (Wildman–Crippen LogP) is 2.47. The van der Waals surface area contributed by atoms with E-state index in [2.05, 4.69) is 38.1 Å². The quantitative estimate of drug-likeness (QED) is 0.726. The zero-order valence-corrected chi connectivity index (χ0v) is 10.6. The molecule has 90 valence electrons. The highest BCUT2D eigenvalue weighted by atomic mass is 16.7.